The van der Waals surface area contributed by atoms with Crippen molar-refractivity contribution in [2.75, 3.05) is 0 Å². The van der Waals surface area contributed by atoms with Crippen molar-refractivity contribution in [1.29, 1.82) is 0 Å². The maximum atomic E-state index is 11.7. The van der Waals surface area contributed by atoms with Crippen LogP contribution in [0.1, 0.15) is 48.9 Å². The molecule has 1 aromatic rings. The van der Waals surface area contributed by atoms with Gasteiger partial charge in [0, 0.05) is 12.0 Å². The Bertz CT molecular complexity index is 460. The molecule has 1 aromatic heterocycles. The molecule has 17 heavy (non-hydrogen) atoms. The highest BCUT2D eigenvalue weighted by Crippen LogP contribution is 2.35. The van der Waals surface area contributed by atoms with Gasteiger partial charge in [0.15, 0.2) is 5.69 Å². The quantitative estimate of drug-likeness (QED) is 0.820. The van der Waals surface area contributed by atoms with Gasteiger partial charge in [-0.15, -0.1) is 0 Å². The van der Waals surface area contributed by atoms with Crippen LogP contribution < -0.4 is 5.32 Å². The van der Waals surface area contributed by atoms with Crippen LogP contribution in [-0.4, -0.2) is 27.7 Å². The SMILES string of the molecule is CC(C)c1cc(C(=O)NC2(C(=O)O)CC2)no1. The first-order chi connectivity index (χ1) is 7.94. The summed E-state index contributed by atoms with van der Waals surface area (Å²) in [5, 5.41) is 15.0. The van der Waals surface area contributed by atoms with E-state index in [1.807, 2.05) is 13.8 Å². The smallest absolute Gasteiger partial charge is 0.329 e. The molecule has 6 nitrogen and oxygen atoms in total. The Hall–Kier alpha value is -1.85. The first-order valence-corrected chi connectivity index (χ1v) is 5.47. The average Bonchev–Trinajstić information content (AvgIpc) is 2.87. The molecular formula is C11H14N2O4. The summed E-state index contributed by atoms with van der Waals surface area (Å²) in [5.41, 5.74) is -0.963. The molecule has 0 atom stereocenters. The van der Waals surface area contributed by atoms with Crippen LogP contribution in [0, 0.1) is 0 Å². The van der Waals surface area contributed by atoms with E-state index >= 15 is 0 Å². The monoisotopic (exact) mass is 238 g/mol. The Morgan fingerprint density at radius 3 is 2.59 bits per heavy atom. The predicted octanol–water partition coefficient (Wildman–Crippen LogP) is 1.15. The standard InChI is InChI=1S/C11H14N2O4/c1-6(2)8-5-7(13-17-8)9(14)12-11(3-4-11)10(15)16/h5-6H,3-4H2,1-2H3,(H,12,14)(H,15,16). The topological polar surface area (TPSA) is 92.4 Å². The fraction of sp³-hybridized carbons (Fsp3) is 0.545. The zero-order valence-corrected chi connectivity index (χ0v) is 9.69. The molecule has 1 fully saturated rings. The van der Waals surface area contributed by atoms with Gasteiger partial charge in [-0.25, -0.2) is 4.79 Å². The number of amides is 1. The van der Waals surface area contributed by atoms with Crippen molar-refractivity contribution >= 4 is 11.9 Å². The van der Waals surface area contributed by atoms with E-state index in [2.05, 4.69) is 10.5 Å². The van der Waals surface area contributed by atoms with E-state index in [0.29, 0.717) is 18.6 Å². The molecule has 0 unspecified atom stereocenters. The number of carbonyl (C=O) groups excluding carboxylic acids is 1. The largest absolute Gasteiger partial charge is 0.480 e. The Labute approximate surface area is 98.0 Å². The first kappa shape index (κ1) is 11.6. The van der Waals surface area contributed by atoms with Gasteiger partial charge in [0.25, 0.3) is 5.91 Å². The number of nitrogens with one attached hydrogen (secondary N) is 1. The van der Waals surface area contributed by atoms with Crippen molar-refractivity contribution in [3.05, 3.63) is 17.5 Å². The number of carbonyl (C=O) groups is 2. The zero-order valence-electron chi connectivity index (χ0n) is 9.69. The van der Waals surface area contributed by atoms with Crippen molar-refractivity contribution in [1.82, 2.24) is 10.5 Å². The summed E-state index contributed by atoms with van der Waals surface area (Å²) >= 11 is 0. The molecule has 0 aromatic carbocycles. The maximum absolute atomic E-state index is 11.7. The molecule has 0 aliphatic heterocycles. The minimum atomic E-state index is -1.09. The molecule has 1 heterocycles. The molecule has 1 aliphatic rings. The predicted molar refractivity (Wildman–Crippen MR) is 57.7 cm³/mol. The van der Waals surface area contributed by atoms with Gasteiger partial charge in [-0.2, -0.15) is 0 Å². The lowest BCUT2D eigenvalue weighted by Crippen LogP contribution is -2.43. The Morgan fingerprint density at radius 1 is 1.53 bits per heavy atom. The molecule has 0 bridgehead atoms. The van der Waals surface area contributed by atoms with E-state index < -0.39 is 17.4 Å². The van der Waals surface area contributed by atoms with Crippen LogP contribution in [0.3, 0.4) is 0 Å². The van der Waals surface area contributed by atoms with Gasteiger partial charge in [0.1, 0.15) is 11.3 Å². The number of carboxylic acids is 1. The number of hydrogen-bond donors (Lipinski definition) is 2. The molecule has 1 aliphatic carbocycles. The number of hydrogen-bond acceptors (Lipinski definition) is 4. The van der Waals surface area contributed by atoms with Gasteiger partial charge in [-0.3, -0.25) is 4.79 Å². The van der Waals surface area contributed by atoms with Crippen LogP contribution in [-0.2, 0) is 4.79 Å². The highest BCUT2D eigenvalue weighted by atomic mass is 16.5. The fourth-order valence-electron chi connectivity index (χ4n) is 1.47. The lowest BCUT2D eigenvalue weighted by molar-refractivity contribution is -0.140. The van der Waals surface area contributed by atoms with Crippen LogP contribution in [0.25, 0.3) is 0 Å². The second-order valence-corrected chi connectivity index (χ2v) is 4.61. The van der Waals surface area contributed by atoms with E-state index in [1.54, 1.807) is 0 Å². The molecule has 0 radical (unpaired) electrons. The number of carboxylic acid groups (broad SMARTS) is 1. The maximum Gasteiger partial charge on any atom is 0.329 e. The van der Waals surface area contributed by atoms with Crippen LogP contribution in [0.15, 0.2) is 10.6 Å². The second kappa shape index (κ2) is 3.87. The van der Waals surface area contributed by atoms with Crippen molar-refractivity contribution in [2.45, 2.75) is 38.1 Å². The molecule has 0 spiro atoms. The molecule has 0 saturated heterocycles. The average molecular weight is 238 g/mol. The molecule has 1 amide bonds. The van der Waals surface area contributed by atoms with Crippen molar-refractivity contribution < 1.29 is 19.2 Å². The first-order valence-electron chi connectivity index (χ1n) is 5.47. The summed E-state index contributed by atoms with van der Waals surface area (Å²) < 4.78 is 4.98. The van der Waals surface area contributed by atoms with Crippen molar-refractivity contribution in [2.24, 2.45) is 0 Å². The number of rotatable bonds is 4. The summed E-state index contributed by atoms with van der Waals surface area (Å²) in [6, 6.07) is 1.54. The number of nitrogens with zero attached hydrogens (tertiary/aromatic N) is 1. The van der Waals surface area contributed by atoms with E-state index in [0.717, 1.165) is 0 Å². The Balaban J connectivity index is 2.07. The highest BCUT2D eigenvalue weighted by Gasteiger charge is 2.52. The summed E-state index contributed by atoms with van der Waals surface area (Å²) in [6.45, 7) is 3.84. The summed E-state index contributed by atoms with van der Waals surface area (Å²) in [5.74, 6) is -0.757. The molecule has 1 saturated carbocycles. The van der Waals surface area contributed by atoms with E-state index in [1.165, 1.54) is 6.07 Å². The Kier molecular flexibility index (Phi) is 2.65. The fourth-order valence-corrected chi connectivity index (χ4v) is 1.47. The van der Waals surface area contributed by atoms with Crippen LogP contribution in [0.4, 0.5) is 0 Å². The number of aromatic nitrogens is 1. The normalized spacial score (nSPS) is 16.9. The summed E-state index contributed by atoms with van der Waals surface area (Å²) in [4.78, 5) is 22.6. The molecular weight excluding hydrogens is 224 g/mol. The summed E-state index contributed by atoms with van der Waals surface area (Å²) in [7, 11) is 0. The molecule has 2 rings (SSSR count). The molecule has 2 N–H and O–H groups in total. The minimum absolute atomic E-state index is 0.126. The van der Waals surface area contributed by atoms with Gasteiger partial charge in [0.05, 0.1) is 0 Å². The van der Waals surface area contributed by atoms with Gasteiger partial charge in [-0.1, -0.05) is 19.0 Å². The van der Waals surface area contributed by atoms with Gasteiger partial charge >= 0.3 is 5.97 Å². The lowest BCUT2D eigenvalue weighted by Gasteiger charge is -2.10. The zero-order chi connectivity index (χ0) is 12.6. The number of aliphatic carboxylic acids is 1. The van der Waals surface area contributed by atoms with Crippen molar-refractivity contribution in [3.8, 4) is 0 Å². The molecule has 6 heteroatoms. The van der Waals surface area contributed by atoms with Gasteiger partial charge in [0.2, 0.25) is 0 Å². The third kappa shape index (κ3) is 2.15. The van der Waals surface area contributed by atoms with Crippen molar-refractivity contribution in [3.63, 3.8) is 0 Å². The van der Waals surface area contributed by atoms with Gasteiger partial charge in [-0.05, 0) is 12.8 Å². The van der Waals surface area contributed by atoms with E-state index in [-0.39, 0.29) is 11.6 Å². The van der Waals surface area contributed by atoms with Crippen LogP contribution >= 0.6 is 0 Å². The third-order valence-electron chi connectivity index (χ3n) is 2.84. The van der Waals surface area contributed by atoms with Crippen LogP contribution in [0.5, 0.6) is 0 Å². The van der Waals surface area contributed by atoms with Crippen LogP contribution in [0.2, 0.25) is 0 Å². The van der Waals surface area contributed by atoms with E-state index in [9.17, 15) is 9.59 Å². The highest BCUT2D eigenvalue weighted by molar-refractivity contribution is 5.97. The minimum Gasteiger partial charge on any atom is -0.480 e. The van der Waals surface area contributed by atoms with Gasteiger partial charge < -0.3 is 14.9 Å². The lowest BCUT2D eigenvalue weighted by atomic mass is 10.1. The Morgan fingerprint density at radius 2 is 2.18 bits per heavy atom. The second-order valence-electron chi connectivity index (χ2n) is 4.61. The summed E-state index contributed by atoms with van der Waals surface area (Å²) in [6.07, 6.45) is 0.923. The molecule has 92 valence electrons. The van der Waals surface area contributed by atoms with E-state index in [4.69, 9.17) is 9.63 Å². The third-order valence-corrected chi connectivity index (χ3v) is 2.84.